The van der Waals surface area contributed by atoms with Gasteiger partial charge in [-0.05, 0) is 56.2 Å². The van der Waals surface area contributed by atoms with Crippen molar-refractivity contribution in [3.8, 4) is 34.0 Å². The van der Waals surface area contributed by atoms with Crippen molar-refractivity contribution in [3.05, 3.63) is 119 Å². The van der Waals surface area contributed by atoms with E-state index in [0.717, 1.165) is 28.2 Å². The van der Waals surface area contributed by atoms with Crippen LogP contribution in [-0.2, 0) is 0 Å². The van der Waals surface area contributed by atoms with Crippen LogP contribution in [0.3, 0.4) is 0 Å². The van der Waals surface area contributed by atoms with Gasteiger partial charge in [-0.25, -0.2) is 4.98 Å². The zero-order valence-corrected chi connectivity index (χ0v) is 19.3. The van der Waals surface area contributed by atoms with Gasteiger partial charge in [0.25, 0.3) is 0 Å². The Morgan fingerprint density at radius 1 is 0.765 bits per heavy atom. The Hall–Kier alpha value is -4.45. The van der Waals surface area contributed by atoms with Crippen molar-refractivity contribution < 1.29 is 4.74 Å². The molecule has 5 aromatic rings. The van der Waals surface area contributed by atoms with Gasteiger partial charge in [0, 0.05) is 11.9 Å². The van der Waals surface area contributed by atoms with Gasteiger partial charge in [0.15, 0.2) is 0 Å². The van der Waals surface area contributed by atoms with Crippen LogP contribution in [-0.4, -0.2) is 19.3 Å². The van der Waals surface area contributed by atoms with Crippen LogP contribution in [0.4, 0.5) is 0 Å². The fourth-order valence-corrected chi connectivity index (χ4v) is 3.94. The normalized spacial score (nSPS) is 10.9. The monoisotopic (exact) mass is 448 g/mol. The number of hydrogen-bond acceptors (Lipinski definition) is 4. The van der Waals surface area contributed by atoms with Crippen LogP contribution in [0.1, 0.15) is 17.1 Å². The van der Waals surface area contributed by atoms with Crippen LogP contribution < -0.4 is 10.3 Å². The predicted molar refractivity (Wildman–Crippen MR) is 133 cm³/mol. The highest BCUT2D eigenvalue weighted by atomic mass is 16.5. The Labute approximate surface area is 197 Å². The third-order valence-electron chi connectivity index (χ3n) is 5.73. The molecule has 6 heteroatoms. The van der Waals surface area contributed by atoms with Gasteiger partial charge in [0.2, 0.25) is 5.75 Å². The highest BCUT2D eigenvalue weighted by molar-refractivity contribution is 5.64. The van der Waals surface area contributed by atoms with E-state index in [1.807, 2.05) is 92.1 Å². The van der Waals surface area contributed by atoms with Gasteiger partial charge in [-0.15, -0.1) is 0 Å². The molecule has 0 spiro atoms. The van der Waals surface area contributed by atoms with Crippen LogP contribution in [0, 0.1) is 20.8 Å². The second-order valence-corrected chi connectivity index (χ2v) is 8.19. The molecule has 168 valence electrons. The Kier molecular flexibility index (Phi) is 5.55. The summed E-state index contributed by atoms with van der Waals surface area (Å²) in [6.45, 7) is 5.82. The molecule has 0 atom stereocenters. The molecule has 6 nitrogen and oxygen atoms in total. The summed E-state index contributed by atoms with van der Waals surface area (Å²) in [5.41, 5.74) is 5.05. The quantitative estimate of drug-likeness (QED) is 0.341. The molecule has 0 bridgehead atoms. The molecule has 34 heavy (non-hydrogen) atoms. The summed E-state index contributed by atoms with van der Waals surface area (Å²) in [5, 5.41) is 4.45. The van der Waals surface area contributed by atoms with E-state index in [0.29, 0.717) is 17.1 Å². The molecule has 0 N–H and O–H groups in total. The van der Waals surface area contributed by atoms with Gasteiger partial charge in [0.05, 0.1) is 11.9 Å². The largest absolute Gasteiger partial charge is 0.449 e. The minimum absolute atomic E-state index is 0.187. The van der Waals surface area contributed by atoms with Crippen molar-refractivity contribution in [2.45, 2.75) is 20.8 Å². The molecule has 2 heterocycles. The zero-order valence-electron chi connectivity index (χ0n) is 19.3. The molecule has 0 aliphatic heterocycles. The Bertz CT molecular complexity index is 1480. The summed E-state index contributed by atoms with van der Waals surface area (Å²) >= 11 is 0. The number of benzene rings is 3. The fraction of sp³-hybridized carbons (Fsp3) is 0.107. The minimum Gasteiger partial charge on any atom is -0.449 e. The third-order valence-corrected chi connectivity index (χ3v) is 5.73. The van der Waals surface area contributed by atoms with Gasteiger partial charge in [-0.3, -0.25) is 9.36 Å². The zero-order chi connectivity index (χ0) is 23.7. The number of nitrogens with zero attached hydrogens (tertiary/aromatic N) is 4. The SMILES string of the molecule is Cc1ccc(-n2ncc(-n3c(C)cnc3C)c(Oc3ccc(-c4ccccc4)cc3)c2=O)cc1. The summed E-state index contributed by atoms with van der Waals surface area (Å²) in [4.78, 5) is 18.0. The van der Waals surface area contributed by atoms with Crippen molar-refractivity contribution in [3.63, 3.8) is 0 Å². The minimum atomic E-state index is -0.346. The van der Waals surface area contributed by atoms with Crippen LogP contribution in [0.25, 0.3) is 22.5 Å². The van der Waals surface area contributed by atoms with E-state index in [1.165, 1.54) is 4.68 Å². The maximum absolute atomic E-state index is 13.6. The van der Waals surface area contributed by atoms with Gasteiger partial charge in [-0.2, -0.15) is 9.78 Å². The summed E-state index contributed by atoms with van der Waals surface area (Å²) in [5.74, 6) is 1.50. The first-order valence-electron chi connectivity index (χ1n) is 11.1. The van der Waals surface area contributed by atoms with Crippen LogP contribution in [0.15, 0.2) is 96.1 Å². The number of rotatable bonds is 5. The van der Waals surface area contributed by atoms with Gasteiger partial charge in [-0.1, -0.05) is 60.2 Å². The highest BCUT2D eigenvalue weighted by Gasteiger charge is 2.19. The van der Waals surface area contributed by atoms with E-state index in [9.17, 15) is 4.79 Å². The lowest BCUT2D eigenvalue weighted by Gasteiger charge is -2.16. The summed E-state index contributed by atoms with van der Waals surface area (Å²) < 4.78 is 9.46. The van der Waals surface area contributed by atoms with Crippen molar-refractivity contribution in [1.29, 1.82) is 0 Å². The average Bonchev–Trinajstić information content (AvgIpc) is 3.20. The molecule has 0 amide bonds. The maximum Gasteiger partial charge on any atom is 0.316 e. The van der Waals surface area contributed by atoms with Crippen LogP contribution in [0.5, 0.6) is 11.5 Å². The number of aromatic nitrogens is 4. The molecule has 0 saturated carbocycles. The number of hydrogen-bond donors (Lipinski definition) is 0. The van der Waals surface area contributed by atoms with Gasteiger partial charge in [0.1, 0.15) is 17.3 Å². The topological polar surface area (TPSA) is 61.9 Å². The molecular formula is C28H24N4O2. The van der Waals surface area contributed by atoms with E-state index in [4.69, 9.17) is 4.74 Å². The lowest BCUT2D eigenvalue weighted by Crippen LogP contribution is -2.24. The second-order valence-electron chi connectivity index (χ2n) is 8.19. The Balaban J connectivity index is 1.61. The smallest absolute Gasteiger partial charge is 0.316 e. The van der Waals surface area contributed by atoms with Gasteiger partial charge < -0.3 is 4.74 Å². The van der Waals surface area contributed by atoms with E-state index in [-0.39, 0.29) is 11.3 Å². The molecule has 0 unspecified atom stereocenters. The fourth-order valence-electron chi connectivity index (χ4n) is 3.94. The van der Waals surface area contributed by atoms with Crippen molar-refractivity contribution >= 4 is 0 Å². The molecule has 0 aliphatic rings. The molecule has 0 radical (unpaired) electrons. The summed E-state index contributed by atoms with van der Waals surface area (Å²) in [7, 11) is 0. The molecule has 3 aromatic carbocycles. The first-order chi connectivity index (χ1) is 16.5. The Morgan fingerprint density at radius 2 is 1.44 bits per heavy atom. The van der Waals surface area contributed by atoms with E-state index < -0.39 is 0 Å². The number of aryl methyl sites for hydroxylation is 3. The first-order valence-corrected chi connectivity index (χ1v) is 11.1. The third kappa shape index (κ3) is 4.01. The Morgan fingerprint density at radius 3 is 2.09 bits per heavy atom. The van der Waals surface area contributed by atoms with Crippen molar-refractivity contribution in [2.24, 2.45) is 0 Å². The highest BCUT2D eigenvalue weighted by Crippen LogP contribution is 2.29. The van der Waals surface area contributed by atoms with E-state index in [1.54, 1.807) is 12.4 Å². The lowest BCUT2D eigenvalue weighted by atomic mass is 10.1. The predicted octanol–water partition coefficient (Wildman–Crippen LogP) is 5.80. The summed E-state index contributed by atoms with van der Waals surface area (Å²) in [6.07, 6.45) is 3.41. The van der Waals surface area contributed by atoms with Crippen LogP contribution in [0.2, 0.25) is 0 Å². The van der Waals surface area contributed by atoms with E-state index >= 15 is 0 Å². The average molecular weight is 449 g/mol. The molecule has 0 fully saturated rings. The lowest BCUT2D eigenvalue weighted by molar-refractivity contribution is 0.464. The first kappa shape index (κ1) is 21.4. The maximum atomic E-state index is 13.6. The van der Waals surface area contributed by atoms with Crippen molar-refractivity contribution in [2.75, 3.05) is 0 Å². The van der Waals surface area contributed by atoms with E-state index in [2.05, 4.69) is 22.2 Å². The number of imidazole rings is 1. The molecule has 2 aromatic heterocycles. The molecule has 5 rings (SSSR count). The molecular weight excluding hydrogens is 424 g/mol. The standard InChI is InChI=1S/C28H24N4O2/c1-19-9-13-24(14-10-19)32-28(33)27(26(18-30-32)31-20(2)17-29-21(31)3)34-25-15-11-23(12-16-25)22-7-5-4-6-8-22/h4-18H,1-3H3. The molecule has 0 saturated heterocycles. The van der Waals surface area contributed by atoms with Crippen LogP contribution >= 0.6 is 0 Å². The second kappa shape index (κ2) is 8.83. The number of ether oxygens (including phenoxy) is 1. The summed E-state index contributed by atoms with van der Waals surface area (Å²) in [6, 6.07) is 25.5. The van der Waals surface area contributed by atoms with Gasteiger partial charge >= 0.3 is 5.56 Å². The molecule has 0 aliphatic carbocycles. The van der Waals surface area contributed by atoms with Crippen molar-refractivity contribution in [1.82, 2.24) is 19.3 Å².